The number of benzene rings is 2. The molecule has 4 rings (SSSR count). The van der Waals surface area contributed by atoms with Crippen molar-refractivity contribution in [3.8, 4) is 40.1 Å². The van der Waals surface area contributed by atoms with Crippen LogP contribution in [0.1, 0.15) is 45.2 Å². The lowest BCUT2D eigenvalue weighted by atomic mass is 9.92. The maximum atomic E-state index is 13.4. The zero-order valence-corrected chi connectivity index (χ0v) is 19.4. The quantitative estimate of drug-likeness (QED) is 0.369. The van der Waals surface area contributed by atoms with Crippen molar-refractivity contribution in [1.82, 2.24) is 0 Å². The van der Waals surface area contributed by atoms with Gasteiger partial charge in [0.15, 0.2) is 17.3 Å². The van der Waals surface area contributed by atoms with Crippen molar-refractivity contribution in [3.05, 3.63) is 51.2 Å². The minimum Gasteiger partial charge on any atom is -0.507 e. The number of allylic oxidation sites excluding steroid dienone is 2. The van der Waals surface area contributed by atoms with Crippen LogP contribution in [0.15, 0.2) is 39.1 Å². The zero-order chi connectivity index (χ0) is 24.1. The smallest absolute Gasteiger partial charge is 0.239 e. The molecule has 1 aromatic heterocycles. The highest BCUT2D eigenvalue weighted by Crippen LogP contribution is 2.45. The highest BCUT2D eigenvalue weighted by Gasteiger charge is 2.32. The van der Waals surface area contributed by atoms with Gasteiger partial charge in [-0.25, -0.2) is 0 Å². The van der Waals surface area contributed by atoms with E-state index in [2.05, 4.69) is 0 Å². The number of hydrogen-bond donors (Lipinski definition) is 3. The number of methoxy groups -OCH3 is 1. The molecule has 0 bridgehead atoms. The average Bonchev–Trinajstić information content (AvgIpc) is 2.73. The summed E-state index contributed by atoms with van der Waals surface area (Å²) in [4.78, 5) is 13.4. The maximum absolute atomic E-state index is 13.4. The van der Waals surface area contributed by atoms with Crippen LogP contribution in [0.5, 0.6) is 28.7 Å². The van der Waals surface area contributed by atoms with Crippen molar-refractivity contribution in [3.63, 3.8) is 0 Å². The molecule has 1 aliphatic heterocycles. The van der Waals surface area contributed by atoms with Crippen LogP contribution in [0.3, 0.4) is 0 Å². The van der Waals surface area contributed by atoms with Gasteiger partial charge in [0.05, 0.1) is 7.11 Å². The minimum absolute atomic E-state index is 0.0199. The van der Waals surface area contributed by atoms with Gasteiger partial charge in [0.25, 0.3) is 0 Å². The molecule has 33 heavy (non-hydrogen) atoms. The van der Waals surface area contributed by atoms with Gasteiger partial charge in [-0.3, -0.25) is 4.79 Å². The number of aromatic hydroxyl groups is 3. The van der Waals surface area contributed by atoms with Crippen LogP contribution in [-0.2, 0) is 12.8 Å². The fourth-order valence-corrected chi connectivity index (χ4v) is 4.17. The van der Waals surface area contributed by atoms with Crippen molar-refractivity contribution in [2.24, 2.45) is 0 Å². The van der Waals surface area contributed by atoms with E-state index in [1.165, 1.54) is 19.2 Å². The summed E-state index contributed by atoms with van der Waals surface area (Å²) in [5.74, 6) is -0.341. The fourth-order valence-electron chi connectivity index (χ4n) is 4.17. The van der Waals surface area contributed by atoms with Crippen LogP contribution >= 0.6 is 0 Å². The second kappa shape index (κ2) is 8.06. The third-order valence-corrected chi connectivity index (χ3v) is 5.95. The van der Waals surface area contributed by atoms with Crippen molar-refractivity contribution in [1.29, 1.82) is 0 Å². The lowest BCUT2D eigenvalue weighted by Gasteiger charge is -2.32. The third-order valence-electron chi connectivity index (χ3n) is 5.95. The Balaban J connectivity index is 2.07. The van der Waals surface area contributed by atoms with Gasteiger partial charge in [-0.05, 0) is 59.1 Å². The third kappa shape index (κ3) is 3.88. The SMILES string of the molecule is COc1c(-c2ccc(O)c(O)c2CC=C(C)C)oc2c3c(cc(O)c2c1=O)OC(C)(C)CC3. The average molecular weight is 453 g/mol. The van der Waals surface area contributed by atoms with Crippen LogP contribution in [0.2, 0.25) is 0 Å². The van der Waals surface area contributed by atoms with E-state index < -0.39 is 11.0 Å². The van der Waals surface area contributed by atoms with Gasteiger partial charge in [0.1, 0.15) is 28.1 Å². The van der Waals surface area contributed by atoms with Crippen molar-refractivity contribution in [2.45, 2.75) is 52.6 Å². The lowest BCUT2D eigenvalue weighted by Crippen LogP contribution is -2.32. The topological polar surface area (TPSA) is 109 Å². The molecular weight excluding hydrogens is 424 g/mol. The Kier molecular flexibility index (Phi) is 5.52. The summed E-state index contributed by atoms with van der Waals surface area (Å²) in [5, 5.41) is 31.4. The molecule has 7 nitrogen and oxygen atoms in total. The molecule has 0 spiro atoms. The van der Waals surface area contributed by atoms with Gasteiger partial charge < -0.3 is 29.2 Å². The number of ether oxygens (including phenoxy) is 2. The van der Waals surface area contributed by atoms with Crippen molar-refractivity contribution < 1.29 is 29.2 Å². The molecule has 2 aromatic carbocycles. The van der Waals surface area contributed by atoms with Crippen molar-refractivity contribution in [2.75, 3.05) is 7.11 Å². The second-order valence-electron chi connectivity index (χ2n) is 9.18. The van der Waals surface area contributed by atoms with E-state index in [1.807, 2.05) is 33.8 Å². The fraction of sp³-hybridized carbons (Fsp3) is 0.346. The number of hydrogen-bond acceptors (Lipinski definition) is 7. The van der Waals surface area contributed by atoms with Gasteiger partial charge in [-0.15, -0.1) is 0 Å². The summed E-state index contributed by atoms with van der Waals surface area (Å²) in [6, 6.07) is 4.36. The Labute approximate surface area is 191 Å². The molecule has 174 valence electrons. The normalized spacial score (nSPS) is 14.5. The molecule has 0 amide bonds. The summed E-state index contributed by atoms with van der Waals surface area (Å²) < 4.78 is 17.7. The van der Waals surface area contributed by atoms with E-state index in [4.69, 9.17) is 13.9 Å². The van der Waals surface area contributed by atoms with Crippen molar-refractivity contribution >= 4 is 11.0 Å². The summed E-state index contributed by atoms with van der Waals surface area (Å²) in [5.41, 5.74) is 1.80. The number of phenols is 3. The largest absolute Gasteiger partial charge is 0.507 e. The maximum Gasteiger partial charge on any atom is 0.239 e. The van der Waals surface area contributed by atoms with Gasteiger partial charge in [0.2, 0.25) is 11.2 Å². The molecule has 0 unspecified atom stereocenters. The van der Waals surface area contributed by atoms with Gasteiger partial charge in [-0.1, -0.05) is 11.6 Å². The monoisotopic (exact) mass is 452 g/mol. The van der Waals surface area contributed by atoms with Crippen LogP contribution in [0, 0.1) is 0 Å². The molecule has 0 fully saturated rings. The van der Waals surface area contributed by atoms with Crippen LogP contribution in [0.25, 0.3) is 22.3 Å². The molecule has 0 saturated carbocycles. The summed E-state index contributed by atoms with van der Waals surface area (Å²) >= 11 is 0. The van der Waals surface area contributed by atoms with Gasteiger partial charge >= 0.3 is 0 Å². The summed E-state index contributed by atoms with van der Waals surface area (Å²) in [6.07, 6.45) is 3.50. The first-order valence-corrected chi connectivity index (χ1v) is 10.8. The van der Waals surface area contributed by atoms with E-state index in [9.17, 15) is 20.1 Å². The van der Waals surface area contributed by atoms with Crippen LogP contribution in [0.4, 0.5) is 0 Å². The van der Waals surface area contributed by atoms with Crippen LogP contribution < -0.4 is 14.9 Å². The van der Waals surface area contributed by atoms with Crippen LogP contribution in [-0.4, -0.2) is 28.0 Å². The number of phenolic OH excluding ortho intramolecular Hbond substituents is 3. The Morgan fingerprint density at radius 1 is 1.18 bits per heavy atom. The molecule has 2 heterocycles. The number of fused-ring (bicyclic) bond motifs is 3. The number of rotatable bonds is 4. The van der Waals surface area contributed by atoms with Gasteiger partial charge in [-0.2, -0.15) is 0 Å². The zero-order valence-electron chi connectivity index (χ0n) is 19.4. The Morgan fingerprint density at radius 3 is 2.58 bits per heavy atom. The Hall–Kier alpha value is -3.61. The predicted octanol–water partition coefficient (Wildman–Crippen LogP) is 5.20. The van der Waals surface area contributed by atoms with E-state index in [-0.39, 0.29) is 39.7 Å². The highest BCUT2D eigenvalue weighted by atomic mass is 16.5. The highest BCUT2D eigenvalue weighted by molar-refractivity contribution is 5.91. The first-order chi connectivity index (χ1) is 15.5. The molecule has 3 N–H and O–H groups in total. The van der Waals surface area contributed by atoms with Gasteiger partial charge in [0, 0.05) is 22.8 Å². The van der Waals surface area contributed by atoms with E-state index in [0.29, 0.717) is 41.7 Å². The standard InChI is InChI=1S/C26H28O7/c1-13(2)6-7-14-15(8-9-17(27)21(14)29)24-25(31-5)22(30)20-18(28)12-19-16(23(20)32-24)10-11-26(3,4)33-19/h6,8-9,12,27-29H,7,10-11H2,1-5H3. The lowest BCUT2D eigenvalue weighted by molar-refractivity contribution is 0.0846. The molecule has 0 aliphatic carbocycles. The molecule has 0 atom stereocenters. The molecule has 1 aliphatic rings. The summed E-state index contributed by atoms with van der Waals surface area (Å²) in [7, 11) is 1.35. The van der Waals surface area contributed by atoms with E-state index in [1.54, 1.807) is 6.07 Å². The predicted molar refractivity (Wildman–Crippen MR) is 126 cm³/mol. The first-order valence-electron chi connectivity index (χ1n) is 10.8. The minimum atomic E-state index is -0.528. The second-order valence-corrected chi connectivity index (χ2v) is 9.18. The summed E-state index contributed by atoms with van der Waals surface area (Å²) in [6.45, 7) is 7.77. The van der Waals surface area contributed by atoms with E-state index in [0.717, 1.165) is 5.57 Å². The Morgan fingerprint density at radius 2 is 1.91 bits per heavy atom. The molecule has 0 radical (unpaired) electrons. The molecule has 3 aromatic rings. The first kappa shape index (κ1) is 22.6. The molecule has 7 heteroatoms. The molecule has 0 saturated heterocycles. The van der Waals surface area contributed by atoms with E-state index >= 15 is 0 Å². The number of aryl methyl sites for hydroxylation is 1. The Bertz CT molecular complexity index is 1340. The molecular formula is C26H28O7.